The number of hydrogen-bond acceptors (Lipinski definition) is 3. The number of guanidine groups is 1. The van der Waals surface area contributed by atoms with Crippen LogP contribution in [0.1, 0.15) is 29.2 Å². The fourth-order valence-electron chi connectivity index (χ4n) is 2.66. The molecule has 0 aromatic heterocycles. The molecule has 0 aliphatic carbocycles. The third kappa shape index (κ3) is 9.44. The zero-order valence-electron chi connectivity index (χ0n) is 17.2. The topological polar surface area (TPSA) is 82.6 Å². The highest BCUT2D eigenvalue weighted by Crippen LogP contribution is 2.29. The van der Waals surface area contributed by atoms with Gasteiger partial charge < -0.3 is 10.6 Å². The van der Waals surface area contributed by atoms with Crippen molar-refractivity contribution in [3.63, 3.8) is 0 Å². The van der Waals surface area contributed by atoms with Crippen molar-refractivity contribution in [2.24, 2.45) is 4.99 Å². The Balaban J connectivity index is 0.00000480. The summed E-state index contributed by atoms with van der Waals surface area (Å²) in [7, 11) is -2.01. The number of sulfonamides is 1. The summed E-state index contributed by atoms with van der Waals surface area (Å²) in [6.45, 7) is 2.92. The van der Waals surface area contributed by atoms with Gasteiger partial charge in [0.1, 0.15) is 0 Å². The molecule has 2 aromatic rings. The lowest BCUT2D eigenvalue weighted by Crippen LogP contribution is -2.36. The van der Waals surface area contributed by atoms with Crippen LogP contribution in [0.15, 0.2) is 53.5 Å². The lowest BCUT2D eigenvalue weighted by Gasteiger charge is -2.13. The van der Waals surface area contributed by atoms with E-state index in [1.165, 1.54) is 13.1 Å². The van der Waals surface area contributed by atoms with Crippen LogP contribution in [0.4, 0.5) is 13.2 Å². The molecule has 0 amide bonds. The van der Waals surface area contributed by atoms with Gasteiger partial charge >= 0.3 is 6.18 Å². The third-order valence-electron chi connectivity index (χ3n) is 4.14. The Hall–Kier alpha value is -1.86. The Morgan fingerprint density at radius 1 is 1.00 bits per heavy atom. The highest BCUT2D eigenvalue weighted by atomic mass is 127. The molecule has 6 nitrogen and oxygen atoms in total. The van der Waals surface area contributed by atoms with E-state index in [4.69, 9.17) is 0 Å². The summed E-state index contributed by atoms with van der Waals surface area (Å²) >= 11 is 0. The molecular formula is C20H26F3IN4O2S. The van der Waals surface area contributed by atoms with E-state index >= 15 is 0 Å². The Labute approximate surface area is 197 Å². The minimum absolute atomic E-state index is 0. The molecule has 0 atom stereocenters. The van der Waals surface area contributed by atoms with Gasteiger partial charge in [-0.25, -0.2) is 18.1 Å². The van der Waals surface area contributed by atoms with Crippen LogP contribution in [0.3, 0.4) is 0 Å². The number of alkyl halides is 3. The molecule has 11 heteroatoms. The molecule has 0 aliphatic heterocycles. The predicted octanol–water partition coefficient (Wildman–Crippen LogP) is 3.63. The van der Waals surface area contributed by atoms with Crippen LogP contribution in [0.5, 0.6) is 0 Å². The first-order chi connectivity index (χ1) is 14.1. The summed E-state index contributed by atoms with van der Waals surface area (Å²) in [6, 6.07) is 12.2. The molecule has 0 unspecified atom stereocenters. The van der Waals surface area contributed by atoms with Gasteiger partial charge in [0.15, 0.2) is 5.96 Å². The molecule has 0 saturated heterocycles. The summed E-state index contributed by atoms with van der Waals surface area (Å²) in [5, 5.41) is 6.05. The van der Waals surface area contributed by atoms with Crippen LogP contribution in [-0.2, 0) is 35.0 Å². The van der Waals surface area contributed by atoms with Crippen LogP contribution in [-0.4, -0.2) is 28.0 Å². The maximum atomic E-state index is 12.9. The third-order valence-corrected chi connectivity index (χ3v) is 5.47. The molecule has 0 fully saturated rings. The van der Waals surface area contributed by atoms with Crippen molar-refractivity contribution in [3.05, 3.63) is 70.8 Å². The lowest BCUT2D eigenvalue weighted by atomic mass is 10.1. The Morgan fingerprint density at radius 3 is 2.29 bits per heavy atom. The van der Waals surface area contributed by atoms with Gasteiger partial charge in [-0.05, 0) is 42.8 Å². The number of halogens is 4. The van der Waals surface area contributed by atoms with Gasteiger partial charge in [0.05, 0.1) is 17.9 Å². The van der Waals surface area contributed by atoms with E-state index in [0.717, 1.165) is 17.7 Å². The first kappa shape index (κ1) is 27.2. The fraction of sp³-hybridized carbons (Fsp3) is 0.350. The van der Waals surface area contributed by atoms with Crippen molar-refractivity contribution in [1.29, 1.82) is 0 Å². The Kier molecular flexibility index (Phi) is 10.7. The normalized spacial score (nSPS) is 12.2. The first-order valence-corrected chi connectivity index (χ1v) is 11.0. The second kappa shape index (κ2) is 12.2. The molecule has 0 radical (unpaired) electrons. The SMILES string of the molecule is CCNC(=NCc1cccc(CS(=O)(=O)NC)c1)NCc1cccc(C(F)(F)F)c1.I. The molecule has 0 heterocycles. The highest BCUT2D eigenvalue weighted by molar-refractivity contribution is 14.0. The second-order valence-corrected chi connectivity index (χ2v) is 8.46. The van der Waals surface area contributed by atoms with Crippen molar-refractivity contribution in [2.75, 3.05) is 13.6 Å². The van der Waals surface area contributed by atoms with Gasteiger partial charge in [-0.3, -0.25) is 0 Å². The van der Waals surface area contributed by atoms with Gasteiger partial charge in [0.2, 0.25) is 10.0 Å². The summed E-state index contributed by atoms with van der Waals surface area (Å²) in [4.78, 5) is 4.43. The van der Waals surface area contributed by atoms with E-state index in [-0.39, 0.29) is 42.8 Å². The number of benzene rings is 2. The number of aliphatic imine (C=N–C) groups is 1. The van der Waals surface area contributed by atoms with Crippen molar-refractivity contribution >= 4 is 40.0 Å². The van der Waals surface area contributed by atoms with E-state index in [9.17, 15) is 21.6 Å². The second-order valence-electron chi connectivity index (χ2n) is 6.53. The number of rotatable bonds is 8. The maximum Gasteiger partial charge on any atom is 0.416 e. The molecule has 0 aliphatic rings. The van der Waals surface area contributed by atoms with Crippen molar-refractivity contribution in [1.82, 2.24) is 15.4 Å². The van der Waals surface area contributed by atoms with Crippen LogP contribution in [0.25, 0.3) is 0 Å². The number of nitrogens with one attached hydrogen (secondary N) is 3. The van der Waals surface area contributed by atoms with Gasteiger partial charge in [-0.2, -0.15) is 13.2 Å². The molecule has 3 N–H and O–H groups in total. The maximum absolute atomic E-state index is 12.9. The molecule has 0 spiro atoms. The lowest BCUT2D eigenvalue weighted by molar-refractivity contribution is -0.137. The standard InChI is InChI=1S/C20H25F3N4O2S.HI/c1-3-25-19(27-13-16-7-5-9-18(11-16)20(21,22)23)26-12-15-6-4-8-17(10-15)14-30(28,29)24-2;/h4-11,24H,3,12-14H2,1-2H3,(H2,25,26,27);1H. The Morgan fingerprint density at radius 2 is 1.65 bits per heavy atom. The van der Waals surface area contributed by atoms with E-state index in [1.807, 2.05) is 13.0 Å². The Bertz CT molecular complexity index is 982. The van der Waals surface area contributed by atoms with E-state index in [2.05, 4.69) is 20.3 Å². The van der Waals surface area contributed by atoms with E-state index in [0.29, 0.717) is 23.6 Å². The van der Waals surface area contributed by atoms with Crippen LogP contribution in [0.2, 0.25) is 0 Å². The first-order valence-electron chi connectivity index (χ1n) is 9.30. The largest absolute Gasteiger partial charge is 0.416 e. The van der Waals surface area contributed by atoms with Gasteiger partial charge in [0.25, 0.3) is 0 Å². The minimum Gasteiger partial charge on any atom is -0.357 e. The summed E-state index contributed by atoms with van der Waals surface area (Å²) in [5.41, 5.74) is 1.24. The van der Waals surface area contributed by atoms with Crippen LogP contribution >= 0.6 is 24.0 Å². The molecule has 2 rings (SSSR count). The molecule has 0 bridgehead atoms. The predicted molar refractivity (Wildman–Crippen MR) is 127 cm³/mol. The van der Waals surface area contributed by atoms with E-state index in [1.54, 1.807) is 24.3 Å². The van der Waals surface area contributed by atoms with Crippen LogP contribution in [0, 0.1) is 0 Å². The van der Waals surface area contributed by atoms with Crippen molar-refractivity contribution < 1.29 is 21.6 Å². The average molecular weight is 570 g/mol. The highest BCUT2D eigenvalue weighted by Gasteiger charge is 2.30. The number of hydrogen-bond donors (Lipinski definition) is 3. The van der Waals surface area contributed by atoms with Gasteiger partial charge in [-0.1, -0.05) is 36.4 Å². The zero-order valence-corrected chi connectivity index (χ0v) is 20.3. The summed E-state index contributed by atoms with van der Waals surface area (Å²) < 4.78 is 64.3. The molecule has 31 heavy (non-hydrogen) atoms. The van der Waals surface area contributed by atoms with Crippen molar-refractivity contribution in [3.8, 4) is 0 Å². The van der Waals surface area contributed by atoms with Gasteiger partial charge in [-0.15, -0.1) is 24.0 Å². The number of nitrogens with zero attached hydrogens (tertiary/aromatic N) is 1. The van der Waals surface area contributed by atoms with Gasteiger partial charge in [0, 0.05) is 13.1 Å². The summed E-state index contributed by atoms with van der Waals surface area (Å²) in [6.07, 6.45) is -4.39. The molecule has 0 saturated carbocycles. The summed E-state index contributed by atoms with van der Waals surface area (Å²) in [5.74, 6) is 0.317. The average Bonchev–Trinajstić information content (AvgIpc) is 2.69. The monoisotopic (exact) mass is 570 g/mol. The van der Waals surface area contributed by atoms with Crippen LogP contribution < -0.4 is 15.4 Å². The smallest absolute Gasteiger partial charge is 0.357 e. The fourth-order valence-corrected chi connectivity index (χ4v) is 3.43. The molecule has 2 aromatic carbocycles. The van der Waals surface area contributed by atoms with E-state index < -0.39 is 21.8 Å². The molecular weight excluding hydrogens is 544 g/mol. The quantitative estimate of drug-likeness (QED) is 0.257. The minimum atomic E-state index is -4.39. The zero-order chi connectivity index (χ0) is 22.2. The molecule has 172 valence electrons. The van der Waals surface area contributed by atoms with Crippen molar-refractivity contribution in [2.45, 2.75) is 31.9 Å².